The first-order chi connectivity index (χ1) is 9.14. The van der Waals surface area contributed by atoms with Crippen molar-refractivity contribution in [2.24, 2.45) is 0 Å². The van der Waals surface area contributed by atoms with Crippen molar-refractivity contribution in [3.8, 4) is 12.3 Å². The molecule has 108 valence electrons. The van der Waals surface area contributed by atoms with Crippen molar-refractivity contribution in [1.29, 1.82) is 0 Å². The van der Waals surface area contributed by atoms with Gasteiger partial charge in [0.2, 0.25) is 0 Å². The van der Waals surface area contributed by atoms with Crippen LogP contribution in [-0.2, 0) is 9.53 Å². The molecule has 0 aromatic heterocycles. The monoisotopic (exact) mass is 344 g/mol. The standard InChI is InChI=1S/C12H6Cl3F3O2/c1-2-9(20-10(19)5-12(16,17)18)7-3-6(13)4-8(14)11(7)15/h1,3-4,9H,5H2. The minimum absolute atomic E-state index is 0.0428. The van der Waals surface area contributed by atoms with Crippen molar-refractivity contribution >= 4 is 40.8 Å². The topological polar surface area (TPSA) is 26.3 Å². The normalized spacial score (nSPS) is 12.7. The smallest absolute Gasteiger partial charge is 0.399 e. The van der Waals surface area contributed by atoms with Gasteiger partial charge in [-0.2, -0.15) is 13.2 Å². The number of hydrogen-bond acceptors (Lipinski definition) is 2. The van der Waals surface area contributed by atoms with Gasteiger partial charge in [0, 0.05) is 10.6 Å². The first-order valence-electron chi connectivity index (χ1n) is 5.01. The van der Waals surface area contributed by atoms with Crippen molar-refractivity contribution in [3.05, 3.63) is 32.8 Å². The molecule has 8 heteroatoms. The molecule has 0 aliphatic carbocycles. The average molecular weight is 346 g/mol. The van der Waals surface area contributed by atoms with Gasteiger partial charge in [0.1, 0.15) is 6.42 Å². The average Bonchev–Trinajstić information content (AvgIpc) is 2.28. The van der Waals surface area contributed by atoms with Crippen LogP contribution in [-0.4, -0.2) is 12.1 Å². The van der Waals surface area contributed by atoms with E-state index in [-0.39, 0.29) is 20.6 Å². The molecule has 2 nitrogen and oxygen atoms in total. The first-order valence-corrected chi connectivity index (χ1v) is 6.14. The van der Waals surface area contributed by atoms with E-state index >= 15 is 0 Å². The van der Waals surface area contributed by atoms with Crippen LogP contribution in [0, 0.1) is 12.3 Å². The highest BCUT2D eigenvalue weighted by atomic mass is 35.5. The Hall–Kier alpha value is -1.09. The fourth-order valence-corrected chi connectivity index (χ4v) is 2.01. The van der Waals surface area contributed by atoms with E-state index in [4.69, 9.17) is 41.2 Å². The third kappa shape index (κ3) is 4.78. The molecule has 0 saturated heterocycles. The molecule has 0 radical (unpaired) electrons. The number of esters is 1. The lowest BCUT2D eigenvalue weighted by molar-refractivity contribution is -0.173. The highest BCUT2D eigenvalue weighted by molar-refractivity contribution is 6.43. The first kappa shape index (κ1) is 17.0. The van der Waals surface area contributed by atoms with E-state index in [2.05, 4.69) is 4.74 Å². The highest BCUT2D eigenvalue weighted by Gasteiger charge is 2.33. The summed E-state index contributed by atoms with van der Waals surface area (Å²) in [5.74, 6) is 0.497. The zero-order valence-corrected chi connectivity index (χ0v) is 11.9. The van der Waals surface area contributed by atoms with Gasteiger partial charge in [0.25, 0.3) is 0 Å². The molecule has 0 spiro atoms. The summed E-state index contributed by atoms with van der Waals surface area (Å²) in [4.78, 5) is 11.1. The van der Waals surface area contributed by atoms with Crippen LogP contribution in [0.1, 0.15) is 18.1 Å². The molecule has 1 aromatic carbocycles. The fraction of sp³-hybridized carbons (Fsp3) is 0.250. The molecule has 0 bridgehead atoms. The minimum atomic E-state index is -4.69. The maximum absolute atomic E-state index is 12.0. The molecule has 20 heavy (non-hydrogen) atoms. The third-order valence-corrected chi connectivity index (χ3v) is 3.08. The van der Waals surface area contributed by atoms with Crippen molar-refractivity contribution in [2.75, 3.05) is 0 Å². The Morgan fingerprint density at radius 2 is 1.95 bits per heavy atom. The summed E-state index contributed by atoms with van der Waals surface area (Å²) in [6.45, 7) is 0. The fourth-order valence-electron chi connectivity index (χ4n) is 1.29. The van der Waals surface area contributed by atoms with E-state index < -0.39 is 24.7 Å². The van der Waals surface area contributed by atoms with Crippen molar-refractivity contribution in [3.63, 3.8) is 0 Å². The van der Waals surface area contributed by atoms with Crippen LogP contribution >= 0.6 is 34.8 Å². The SMILES string of the molecule is C#CC(OC(=O)CC(F)(F)F)c1cc(Cl)cc(Cl)c1Cl. The molecule has 1 atom stereocenters. The molecule has 1 aromatic rings. The summed E-state index contributed by atoms with van der Waals surface area (Å²) in [6, 6.07) is 2.58. The van der Waals surface area contributed by atoms with Gasteiger partial charge in [-0.25, -0.2) is 0 Å². The molecule has 0 saturated carbocycles. The third-order valence-electron chi connectivity index (χ3n) is 2.05. The lowest BCUT2D eigenvalue weighted by Crippen LogP contribution is -2.19. The van der Waals surface area contributed by atoms with E-state index in [0.29, 0.717) is 0 Å². The van der Waals surface area contributed by atoms with E-state index in [0.717, 1.165) is 0 Å². The van der Waals surface area contributed by atoms with Gasteiger partial charge in [0.15, 0.2) is 6.10 Å². The Balaban J connectivity index is 2.99. The second-order valence-electron chi connectivity index (χ2n) is 3.62. The molecule has 0 aliphatic rings. The summed E-state index contributed by atoms with van der Waals surface area (Å²) < 4.78 is 40.7. The molecular formula is C12H6Cl3F3O2. The summed E-state index contributed by atoms with van der Waals surface area (Å²) in [5.41, 5.74) is 0.0437. The van der Waals surface area contributed by atoms with Gasteiger partial charge in [-0.15, -0.1) is 6.42 Å². The number of ether oxygens (including phenoxy) is 1. The van der Waals surface area contributed by atoms with Gasteiger partial charge in [-0.1, -0.05) is 40.7 Å². The second-order valence-corrected chi connectivity index (χ2v) is 4.84. The molecule has 0 amide bonds. The largest absolute Gasteiger partial charge is 0.444 e. The number of rotatable bonds is 3. The molecule has 0 fully saturated rings. The molecule has 1 rings (SSSR count). The maximum atomic E-state index is 12.0. The molecule has 1 unspecified atom stereocenters. The lowest BCUT2D eigenvalue weighted by Gasteiger charge is -2.16. The minimum Gasteiger partial charge on any atom is -0.444 e. The van der Waals surface area contributed by atoms with Crippen LogP contribution in [0.4, 0.5) is 13.2 Å². The zero-order chi connectivity index (χ0) is 15.5. The number of terminal acetylenes is 1. The van der Waals surface area contributed by atoms with Gasteiger partial charge in [0.05, 0.1) is 10.0 Å². The summed E-state index contributed by atoms with van der Waals surface area (Å²) in [5, 5.41) is 0.154. The van der Waals surface area contributed by atoms with Crippen LogP contribution < -0.4 is 0 Å². The number of halogens is 6. The Morgan fingerprint density at radius 1 is 1.35 bits per heavy atom. The van der Waals surface area contributed by atoms with Crippen LogP contribution in [0.2, 0.25) is 15.1 Å². The highest BCUT2D eigenvalue weighted by Crippen LogP contribution is 2.35. The predicted octanol–water partition coefficient (Wildman–Crippen LogP) is 4.82. The maximum Gasteiger partial charge on any atom is 0.399 e. The lowest BCUT2D eigenvalue weighted by atomic mass is 10.1. The molecule has 0 N–H and O–H groups in total. The number of carbonyl (C=O) groups excluding carboxylic acids is 1. The van der Waals surface area contributed by atoms with Crippen molar-refractivity contribution < 1.29 is 22.7 Å². The van der Waals surface area contributed by atoms with Crippen LogP contribution in [0.15, 0.2) is 12.1 Å². The second kappa shape index (κ2) is 6.57. The van der Waals surface area contributed by atoms with Crippen LogP contribution in [0.5, 0.6) is 0 Å². The van der Waals surface area contributed by atoms with E-state index in [1.54, 1.807) is 0 Å². The van der Waals surface area contributed by atoms with Crippen molar-refractivity contribution in [1.82, 2.24) is 0 Å². The quantitative estimate of drug-likeness (QED) is 0.446. The molecule has 0 heterocycles. The summed E-state index contributed by atoms with van der Waals surface area (Å²) in [6.07, 6.45) is -2.72. The summed E-state index contributed by atoms with van der Waals surface area (Å²) >= 11 is 17.3. The zero-order valence-electron chi connectivity index (χ0n) is 9.60. The van der Waals surface area contributed by atoms with E-state index in [9.17, 15) is 18.0 Å². The summed E-state index contributed by atoms with van der Waals surface area (Å²) in [7, 11) is 0. The Bertz CT molecular complexity index is 564. The van der Waals surface area contributed by atoms with Gasteiger partial charge >= 0.3 is 12.1 Å². The van der Waals surface area contributed by atoms with Crippen LogP contribution in [0.25, 0.3) is 0 Å². The number of carbonyl (C=O) groups is 1. The Labute approximate surface area is 127 Å². The molecule has 0 aliphatic heterocycles. The predicted molar refractivity (Wildman–Crippen MR) is 69.8 cm³/mol. The molecular weight excluding hydrogens is 339 g/mol. The Kier molecular flexibility index (Phi) is 5.58. The number of benzene rings is 1. The van der Waals surface area contributed by atoms with Crippen LogP contribution in [0.3, 0.4) is 0 Å². The number of hydrogen-bond donors (Lipinski definition) is 0. The van der Waals surface area contributed by atoms with Gasteiger partial charge < -0.3 is 4.74 Å². The van der Waals surface area contributed by atoms with Gasteiger partial charge in [-0.05, 0) is 12.1 Å². The van der Waals surface area contributed by atoms with Gasteiger partial charge in [-0.3, -0.25) is 4.79 Å². The van der Waals surface area contributed by atoms with E-state index in [1.807, 2.05) is 5.92 Å². The van der Waals surface area contributed by atoms with E-state index in [1.165, 1.54) is 12.1 Å². The van der Waals surface area contributed by atoms with Crippen molar-refractivity contribution in [2.45, 2.75) is 18.7 Å². The number of alkyl halides is 3. The Morgan fingerprint density at radius 3 is 2.45 bits per heavy atom.